The van der Waals surface area contributed by atoms with Gasteiger partial charge >= 0.3 is 5.97 Å². The summed E-state index contributed by atoms with van der Waals surface area (Å²) in [6, 6.07) is 20.0. The van der Waals surface area contributed by atoms with Gasteiger partial charge in [-0.3, -0.25) is 14.9 Å². The number of carbonyl (C=O) groups excluding carboxylic acids is 2. The van der Waals surface area contributed by atoms with Gasteiger partial charge in [-0.1, -0.05) is 24.3 Å². The molecule has 0 aliphatic heterocycles. The Morgan fingerprint density at radius 1 is 1.00 bits per heavy atom. The number of ether oxygens (including phenoxy) is 2. The molecule has 0 saturated heterocycles. The lowest BCUT2D eigenvalue weighted by molar-refractivity contribution is -0.385. The number of amides is 1. The van der Waals surface area contributed by atoms with Crippen LogP contribution in [-0.4, -0.2) is 23.9 Å². The first kappa shape index (κ1) is 22.7. The summed E-state index contributed by atoms with van der Waals surface area (Å²) in [5.41, 5.74) is 0.355. The molecule has 0 saturated carbocycles. The Bertz CT molecular complexity index is 1260. The second-order valence-electron chi connectivity index (χ2n) is 6.59. The van der Waals surface area contributed by atoms with Gasteiger partial charge in [-0.05, 0) is 54.1 Å². The number of esters is 1. The molecular formula is C24H17N3O6. The summed E-state index contributed by atoms with van der Waals surface area (Å²) in [6.45, 7) is 0. The quantitative estimate of drug-likeness (QED) is 0.143. The van der Waals surface area contributed by atoms with E-state index in [1.807, 2.05) is 6.07 Å². The van der Waals surface area contributed by atoms with E-state index in [0.29, 0.717) is 17.0 Å². The molecule has 0 fully saturated rings. The van der Waals surface area contributed by atoms with Crippen LogP contribution in [0, 0.1) is 21.4 Å². The number of benzene rings is 3. The fourth-order valence-corrected chi connectivity index (χ4v) is 2.79. The molecule has 3 aromatic rings. The molecule has 0 bridgehead atoms. The third-order valence-electron chi connectivity index (χ3n) is 4.44. The summed E-state index contributed by atoms with van der Waals surface area (Å²) in [4.78, 5) is 35.1. The van der Waals surface area contributed by atoms with Crippen LogP contribution in [-0.2, 0) is 4.79 Å². The first-order valence-electron chi connectivity index (χ1n) is 9.54. The fraction of sp³-hybridized carbons (Fsp3) is 0.0417. The van der Waals surface area contributed by atoms with Crippen LogP contribution in [0.4, 0.5) is 11.4 Å². The maximum atomic E-state index is 12.4. The number of nitro groups is 1. The Morgan fingerprint density at radius 2 is 1.64 bits per heavy atom. The molecule has 9 nitrogen and oxygen atoms in total. The number of nitro benzene ring substituents is 1. The number of nitrogens with one attached hydrogen (secondary N) is 1. The molecular weight excluding hydrogens is 426 g/mol. The summed E-state index contributed by atoms with van der Waals surface area (Å²) >= 11 is 0. The van der Waals surface area contributed by atoms with Crippen molar-refractivity contribution in [3.8, 4) is 17.6 Å². The molecule has 0 radical (unpaired) electrons. The van der Waals surface area contributed by atoms with E-state index in [4.69, 9.17) is 9.47 Å². The Morgan fingerprint density at radius 3 is 2.24 bits per heavy atom. The van der Waals surface area contributed by atoms with Gasteiger partial charge < -0.3 is 14.8 Å². The van der Waals surface area contributed by atoms with Crippen molar-refractivity contribution in [3.63, 3.8) is 0 Å². The predicted octanol–water partition coefficient (Wildman–Crippen LogP) is 4.37. The van der Waals surface area contributed by atoms with Crippen molar-refractivity contribution in [1.29, 1.82) is 5.26 Å². The van der Waals surface area contributed by atoms with Crippen molar-refractivity contribution in [2.24, 2.45) is 0 Å². The molecule has 0 aliphatic carbocycles. The number of nitrogens with zero attached hydrogens (tertiary/aromatic N) is 2. The molecule has 0 unspecified atom stereocenters. The van der Waals surface area contributed by atoms with Crippen molar-refractivity contribution < 1.29 is 24.0 Å². The first-order valence-corrected chi connectivity index (χ1v) is 9.54. The molecule has 3 rings (SSSR count). The van der Waals surface area contributed by atoms with E-state index in [9.17, 15) is 25.0 Å². The highest BCUT2D eigenvalue weighted by molar-refractivity contribution is 6.09. The van der Waals surface area contributed by atoms with E-state index in [1.54, 1.807) is 36.4 Å². The van der Waals surface area contributed by atoms with Crippen molar-refractivity contribution in [2.75, 3.05) is 12.4 Å². The van der Waals surface area contributed by atoms with Crippen molar-refractivity contribution in [2.45, 2.75) is 0 Å². The van der Waals surface area contributed by atoms with Crippen LogP contribution in [0.1, 0.15) is 15.9 Å². The smallest absolute Gasteiger partial charge is 0.350 e. The van der Waals surface area contributed by atoms with Gasteiger partial charge in [-0.25, -0.2) is 4.79 Å². The summed E-state index contributed by atoms with van der Waals surface area (Å²) < 4.78 is 10.3. The van der Waals surface area contributed by atoms with E-state index in [1.165, 1.54) is 49.6 Å². The van der Waals surface area contributed by atoms with Crippen molar-refractivity contribution in [3.05, 3.63) is 99.6 Å². The molecule has 9 heteroatoms. The normalized spacial score (nSPS) is 10.6. The van der Waals surface area contributed by atoms with E-state index in [2.05, 4.69) is 5.32 Å². The van der Waals surface area contributed by atoms with Gasteiger partial charge in [0.2, 0.25) is 0 Å². The summed E-state index contributed by atoms with van der Waals surface area (Å²) in [6.07, 6.45) is 1.38. The number of nitriles is 1. The maximum Gasteiger partial charge on any atom is 0.350 e. The van der Waals surface area contributed by atoms with Crippen LogP contribution in [0.3, 0.4) is 0 Å². The van der Waals surface area contributed by atoms with Gasteiger partial charge in [-0.15, -0.1) is 0 Å². The van der Waals surface area contributed by atoms with Crippen LogP contribution in [0.25, 0.3) is 6.08 Å². The van der Waals surface area contributed by atoms with E-state index in [0.717, 1.165) is 0 Å². The number of methoxy groups -OCH3 is 1. The van der Waals surface area contributed by atoms with Gasteiger partial charge in [0.05, 0.1) is 12.0 Å². The largest absolute Gasteiger partial charge is 0.497 e. The Hall–Kier alpha value is -4.97. The second-order valence-corrected chi connectivity index (χ2v) is 6.59. The van der Waals surface area contributed by atoms with Crippen LogP contribution < -0.4 is 14.8 Å². The zero-order chi connectivity index (χ0) is 23.8. The average Bonchev–Trinajstić information content (AvgIpc) is 2.83. The number of anilines is 1. The van der Waals surface area contributed by atoms with Crippen molar-refractivity contribution in [1.82, 2.24) is 0 Å². The van der Waals surface area contributed by atoms with Crippen LogP contribution in [0.2, 0.25) is 0 Å². The highest BCUT2D eigenvalue weighted by Gasteiger charge is 2.21. The Kier molecular flexibility index (Phi) is 7.13. The minimum atomic E-state index is -0.873. The standard InChI is InChI=1S/C24H17N3O6/c1-32-19-12-8-18(9-13-19)26-23(28)17(15-25)14-16-6-10-20(11-7-16)33-24(29)21-4-2-3-5-22(21)27(30)31/h2-14H,1H3,(H,26,28)/b17-14+. The van der Waals surface area contributed by atoms with E-state index in [-0.39, 0.29) is 22.6 Å². The SMILES string of the molecule is COc1ccc(NC(=O)/C(C#N)=C/c2ccc(OC(=O)c3ccccc3[N+](=O)[O-])cc2)cc1. The molecule has 0 heterocycles. The molecule has 0 aliphatic rings. The Labute approximate surface area is 188 Å². The van der Waals surface area contributed by atoms with Crippen LogP contribution >= 0.6 is 0 Å². The van der Waals surface area contributed by atoms with Gasteiger partial charge in [0.15, 0.2) is 0 Å². The minimum absolute atomic E-state index is 0.129. The number of carbonyl (C=O) groups is 2. The van der Waals surface area contributed by atoms with Gasteiger partial charge in [0.25, 0.3) is 11.6 Å². The van der Waals surface area contributed by atoms with Crippen molar-refractivity contribution >= 4 is 29.3 Å². The van der Waals surface area contributed by atoms with Gasteiger partial charge in [0, 0.05) is 11.8 Å². The average molecular weight is 443 g/mol. The predicted molar refractivity (Wildman–Crippen MR) is 120 cm³/mol. The zero-order valence-corrected chi connectivity index (χ0v) is 17.3. The van der Waals surface area contributed by atoms with Crippen LogP contribution in [0.5, 0.6) is 11.5 Å². The highest BCUT2D eigenvalue weighted by atomic mass is 16.6. The minimum Gasteiger partial charge on any atom is -0.497 e. The topological polar surface area (TPSA) is 132 Å². The lowest BCUT2D eigenvalue weighted by Gasteiger charge is -2.06. The summed E-state index contributed by atoms with van der Waals surface area (Å²) in [7, 11) is 1.53. The number of hydrogen-bond donors (Lipinski definition) is 1. The molecule has 0 spiro atoms. The monoisotopic (exact) mass is 443 g/mol. The lowest BCUT2D eigenvalue weighted by atomic mass is 10.1. The number of hydrogen-bond acceptors (Lipinski definition) is 7. The third kappa shape index (κ3) is 5.80. The third-order valence-corrected chi connectivity index (χ3v) is 4.44. The second kappa shape index (κ2) is 10.4. The number of rotatable bonds is 7. The molecule has 33 heavy (non-hydrogen) atoms. The fourth-order valence-electron chi connectivity index (χ4n) is 2.79. The maximum absolute atomic E-state index is 12.4. The molecule has 1 N–H and O–H groups in total. The molecule has 0 atom stereocenters. The summed E-state index contributed by atoms with van der Waals surface area (Å²) in [5, 5.41) is 23.1. The molecule has 0 aromatic heterocycles. The Balaban J connectivity index is 1.70. The summed E-state index contributed by atoms with van der Waals surface area (Å²) in [5.74, 6) is -0.681. The highest BCUT2D eigenvalue weighted by Crippen LogP contribution is 2.22. The van der Waals surface area contributed by atoms with Gasteiger partial charge in [0.1, 0.15) is 28.7 Å². The zero-order valence-electron chi connectivity index (χ0n) is 17.3. The van der Waals surface area contributed by atoms with E-state index >= 15 is 0 Å². The molecule has 1 amide bonds. The molecule has 164 valence electrons. The number of para-hydroxylation sites is 1. The first-order chi connectivity index (χ1) is 15.9. The van der Waals surface area contributed by atoms with Crippen LogP contribution in [0.15, 0.2) is 78.4 Å². The molecule has 3 aromatic carbocycles. The van der Waals surface area contributed by atoms with E-state index < -0.39 is 16.8 Å². The lowest BCUT2D eigenvalue weighted by Crippen LogP contribution is -2.13. The van der Waals surface area contributed by atoms with Gasteiger partial charge in [-0.2, -0.15) is 5.26 Å².